The van der Waals surface area contributed by atoms with Gasteiger partial charge in [0, 0.05) is 28.3 Å². The first-order valence-corrected chi connectivity index (χ1v) is 12.4. The van der Waals surface area contributed by atoms with Crippen LogP contribution in [0.1, 0.15) is 37.8 Å². The normalized spacial score (nSPS) is 11.7. The van der Waals surface area contributed by atoms with Gasteiger partial charge in [0.25, 0.3) is 0 Å². The fourth-order valence-electron chi connectivity index (χ4n) is 2.92. The molecule has 2 aromatic carbocycles. The average Bonchev–Trinajstić information content (AvgIpc) is 2.71. The molecule has 0 aliphatic heterocycles. The molecule has 30 heavy (non-hydrogen) atoms. The Bertz CT molecular complexity index is 849. The Labute approximate surface area is 196 Å². The first-order valence-electron chi connectivity index (χ1n) is 10.0. The van der Waals surface area contributed by atoms with Gasteiger partial charge in [0.1, 0.15) is 6.04 Å². The Morgan fingerprint density at radius 2 is 1.90 bits per heavy atom. The molecule has 0 saturated carbocycles. The molecule has 0 bridgehead atoms. The maximum atomic E-state index is 13.1. The topological polar surface area (TPSA) is 49.4 Å². The summed E-state index contributed by atoms with van der Waals surface area (Å²) in [6.07, 6.45) is 1.93. The smallest absolute Gasteiger partial charge is 0.242 e. The monoisotopic (exact) mass is 510 g/mol. The average molecular weight is 512 g/mol. The van der Waals surface area contributed by atoms with Gasteiger partial charge in [-0.3, -0.25) is 9.59 Å². The Morgan fingerprint density at radius 3 is 2.60 bits per heavy atom. The van der Waals surface area contributed by atoms with Gasteiger partial charge in [-0.2, -0.15) is 0 Å². The molecule has 0 radical (unpaired) electrons. The fraction of sp³-hybridized carbons (Fsp3) is 0.391. The molecule has 0 saturated heterocycles. The maximum absolute atomic E-state index is 13.1. The SMILES string of the molecule is CCCCNC(=O)[C@@H](C)N(Cc1cccc(Br)c1)C(=O)CSCc1cccc(Cl)c1. The Balaban J connectivity index is 2.04. The Hall–Kier alpha value is -1.50. The minimum atomic E-state index is -0.542. The number of rotatable bonds is 11. The van der Waals surface area contributed by atoms with Gasteiger partial charge in [0.05, 0.1) is 5.75 Å². The number of unbranched alkanes of at least 4 members (excludes halogenated alkanes) is 1. The predicted molar refractivity (Wildman–Crippen MR) is 130 cm³/mol. The molecule has 0 spiro atoms. The number of carbonyl (C=O) groups is 2. The van der Waals surface area contributed by atoms with E-state index in [9.17, 15) is 9.59 Å². The van der Waals surface area contributed by atoms with Gasteiger partial charge in [0.2, 0.25) is 11.8 Å². The number of nitrogens with zero attached hydrogens (tertiary/aromatic N) is 1. The maximum Gasteiger partial charge on any atom is 0.242 e. The number of halogens is 2. The second-order valence-corrected chi connectivity index (χ2v) is 9.43. The fourth-order valence-corrected chi connectivity index (χ4v) is 4.43. The quantitative estimate of drug-likeness (QED) is 0.396. The van der Waals surface area contributed by atoms with Gasteiger partial charge < -0.3 is 10.2 Å². The molecule has 0 fully saturated rings. The molecule has 1 atom stereocenters. The summed E-state index contributed by atoms with van der Waals surface area (Å²) < 4.78 is 0.947. The van der Waals surface area contributed by atoms with Crippen LogP contribution in [0.3, 0.4) is 0 Å². The van der Waals surface area contributed by atoms with E-state index in [0.29, 0.717) is 29.6 Å². The first kappa shape index (κ1) is 24.8. The van der Waals surface area contributed by atoms with Crippen molar-refractivity contribution in [3.8, 4) is 0 Å². The Kier molecular flexibility index (Phi) is 10.8. The van der Waals surface area contributed by atoms with Crippen LogP contribution in [-0.2, 0) is 21.9 Å². The number of hydrogen-bond donors (Lipinski definition) is 1. The Morgan fingerprint density at radius 1 is 1.17 bits per heavy atom. The van der Waals surface area contributed by atoms with Crippen molar-refractivity contribution in [3.63, 3.8) is 0 Å². The first-order chi connectivity index (χ1) is 14.4. The molecule has 0 heterocycles. The second-order valence-electron chi connectivity index (χ2n) is 7.09. The summed E-state index contributed by atoms with van der Waals surface area (Å²) in [5.41, 5.74) is 2.05. The van der Waals surface area contributed by atoms with Gasteiger partial charge >= 0.3 is 0 Å². The summed E-state index contributed by atoms with van der Waals surface area (Å²) in [7, 11) is 0. The van der Waals surface area contributed by atoms with Crippen LogP contribution in [-0.4, -0.2) is 35.1 Å². The van der Waals surface area contributed by atoms with E-state index in [1.807, 2.05) is 48.5 Å². The summed E-state index contributed by atoms with van der Waals surface area (Å²) in [4.78, 5) is 27.3. The van der Waals surface area contributed by atoms with Crippen molar-refractivity contribution in [2.24, 2.45) is 0 Å². The highest BCUT2D eigenvalue weighted by Crippen LogP contribution is 2.19. The number of thioether (sulfide) groups is 1. The van der Waals surface area contributed by atoms with Gasteiger partial charge in [-0.25, -0.2) is 0 Å². The highest BCUT2D eigenvalue weighted by Gasteiger charge is 2.25. The second kappa shape index (κ2) is 13.0. The molecule has 4 nitrogen and oxygen atoms in total. The summed E-state index contributed by atoms with van der Waals surface area (Å²) in [6, 6.07) is 14.9. The largest absolute Gasteiger partial charge is 0.354 e. The van der Waals surface area contributed by atoms with E-state index < -0.39 is 6.04 Å². The minimum Gasteiger partial charge on any atom is -0.354 e. The van der Waals surface area contributed by atoms with E-state index in [0.717, 1.165) is 28.4 Å². The lowest BCUT2D eigenvalue weighted by Crippen LogP contribution is -2.48. The summed E-state index contributed by atoms with van der Waals surface area (Å²) in [5, 5.41) is 3.63. The zero-order valence-electron chi connectivity index (χ0n) is 17.4. The molecule has 0 aliphatic rings. The summed E-state index contributed by atoms with van der Waals surface area (Å²) >= 11 is 11.0. The lowest BCUT2D eigenvalue weighted by molar-refractivity contribution is -0.138. The molecule has 2 amide bonds. The van der Waals surface area contributed by atoms with Gasteiger partial charge in [0.15, 0.2) is 0 Å². The molecular formula is C23H28BrClN2O2S. The van der Waals surface area contributed by atoms with Gasteiger partial charge in [-0.05, 0) is 48.7 Å². The van der Waals surface area contributed by atoms with Crippen molar-refractivity contribution in [1.29, 1.82) is 0 Å². The van der Waals surface area contributed by atoms with E-state index in [-0.39, 0.29) is 11.8 Å². The predicted octanol–water partition coefficient (Wildman–Crippen LogP) is 5.67. The molecule has 2 rings (SSSR count). The van der Waals surface area contributed by atoms with Crippen molar-refractivity contribution in [3.05, 3.63) is 69.2 Å². The summed E-state index contributed by atoms with van der Waals surface area (Å²) in [6.45, 7) is 4.88. The van der Waals surface area contributed by atoms with Crippen molar-refractivity contribution >= 4 is 51.1 Å². The molecule has 7 heteroatoms. The molecule has 162 valence electrons. The number of amides is 2. The third-order valence-electron chi connectivity index (χ3n) is 4.62. The van der Waals surface area contributed by atoms with Crippen LogP contribution in [0.25, 0.3) is 0 Å². The number of carbonyl (C=O) groups excluding carboxylic acids is 2. The van der Waals surface area contributed by atoms with Gasteiger partial charge in [-0.1, -0.05) is 65.1 Å². The van der Waals surface area contributed by atoms with E-state index >= 15 is 0 Å². The third kappa shape index (κ3) is 8.32. The lowest BCUT2D eigenvalue weighted by Gasteiger charge is -2.29. The molecular weight excluding hydrogens is 484 g/mol. The van der Waals surface area contributed by atoms with Crippen LogP contribution in [0.2, 0.25) is 5.02 Å². The summed E-state index contributed by atoms with van der Waals surface area (Å²) in [5.74, 6) is 0.813. The van der Waals surface area contributed by atoms with Crippen molar-refractivity contribution in [2.45, 2.75) is 45.0 Å². The molecule has 0 aromatic heterocycles. The van der Waals surface area contributed by atoms with E-state index in [2.05, 4.69) is 28.2 Å². The van der Waals surface area contributed by atoms with Gasteiger partial charge in [-0.15, -0.1) is 11.8 Å². The molecule has 0 aliphatic carbocycles. The van der Waals surface area contributed by atoms with E-state index in [1.165, 1.54) is 11.8 Å². The number of hydrogen-bond acceptors (Lipinski definition) is 3. The zero-order chi connectivity index (χ0) is 21.9. The minimum absolute atomic E-state index is 0.0554. The number of benzene rings is 2. The van der Waals surface area contributed by atoms with Crippen molar-refractivity contribution in [2.75, 3.05) is 12.3 Å². The van der Waals surface area contributed by atoms with Crippen LogP contribution in [0.5, 0.6) is 0 Å². The van der Waals surface area contributed by atoms with Crippen LogP contribution >= 0.6 is 39.3 Å². The third-order valence-corrected chi connectivity index (χ3v) is 6.34. The zero-order valence-corrected chi connectivity index (χ0v) is 20.5. The molecule has 1 N–H and O–H groups in total. The lowest BCUT2D eigenvalue weighted by atomic mass is 10.1. The van der Waals surface area contributed by atoms with Crippen LogP contribution in [0, 0.1) is 0 Å². The van der Waals surface area contributed by atoms with E-state index in [1.54, 1.807) is 11.8 Å². The van der Waals surface area contributed by atoms with Crippen LogP contribution < -0.4 is 5.32 Å². The van der Waals surface area contributed by atoms with Crippen LogP contribution in [0.15, 0.2) is 53.0 Å². The standard InChI is InChI=1S/C23H28BrClN2O2S/c1-3-4-11-26-23(29)17(2)27(14-18-7-5-9-20(24)12-18)22(28)16-30-15-19-8-6-10-21(25)13-19/h5-10,12-13,17H,3-4,11,14-16H2,1-2H3,(H,26,29)/t17-/m1/s1. The molecule has 0 unspecified atom stereocenters. The van der Waals surface area contributed by atoms with Crippen molar-refractivity contribution < 1.29 is 9.59 Å². The van der Waals surface area contributed by atoms with Crippen molar-refractivity contribution in [1.82, 2.24) is 10.2 Å². The highest BCUT2D eigenvalue weighted by atomic mass is 79.9. The number of nitrogens with one attached hydrogen (secondary N) is 1. The van der Waals surface area contributed by atoms with Crippen LogP contribution in [0.4, 0.5) is 0 Å². The van der Waals surface area contributed by atoms with E-state index in [4.69, 9.17) is 11.6 Å². The molecule has 2 aromatic rings. The highest BCUT2D eigenvalue weighted by molar-refractivity contribution is 9.10.